The van der Waals surface area contributed by atoms with E-state index in [4.69, 9.17) is 0 Å². The van der Waals surface area contributed by atoms with Crippen LogP contribution in [0.1, 0.15) is 12.0 Å². The lowest BCUT2D eigenvalue weighted by molar-refractivity contribution is 0.214. The van der Waals surface area contributed by atoms with E-state index in [1.165, 1.54) is 16.3 Å². The summed E-state index contributed by atoms with van der Waals surface area (Å²) in [6, 6.07) is 14.4. The maximum absolute atomic E-state index is 9.66. The molecule has 1 fully saturated rings. The molecule has 0 heterocycles. The first-order chi connectivity index (χ1) is 8.31. The number of rotatable bonds is 3. The van der Waals surface area contributed by atoms with Gasteiger partial charge in [0, 0.05) is 12.0 Å². The van der Waals surface area contributed by atoms with Gasteiger partial charge in [-0.3, -0.25) is 0 Å². The van der Waals surface area contributed by atoms with Crippen LogP contribution >= 0.6 is 0 Å². The topological polar surface area (TPSA) is 40.5 Å². The summed E-state index contributed by atoms with van der Waals surface area (Å²) in [5.41, 5.74) is 0.965. The predicted molar refractivity (Wildman–Crippen MR) is 67.9 cm³/mol. The summed E-state index contributed by atoms with van der Waals surface area (Å²) in [4.78, 5) is 0. The lowest BCUT2D eigenvalue weighted by atomic mass is 9.89. The molecule has 2 nitrogen and oxygen atoms in total. The van der Waals surface area contributed by atoms with Gasteiger partial charge in [0.05, 0.1) is 6.61 Å². The summed E-state index contributed by atoms with van der Waals surface area (Å²) < 4.78 is 0. The Morgan fingerprint density at radius 1 is 1.06 bits per heavy atom. The van der Waals surface area contributed by atoms with Gasteiger partial charge in [0.2, 0.25) is 0 Å². The Morgan fingerprint density at radius 2 is 1.82 bits per heavy atom. The fourth-order valence-corrected chi connectivity index (χ4v) is 2.89. The number of aliphatic hydroxyl groups excluding tert-OH is 2. The number of hydrogen-bond donors (Lipinski definition) is 2. The number of hydrogen-bond acceptors (Lipinski definition) is 2. The summed E-state index contributed by atoms with van der Waals surface area (Å²) >= 11 is 0. The Morgan fingerprint density at radius 3 is 2.53 bits per heavy atom. The molecule has 0 radical (unpaired) electrons. The van der Waals surface area contributed by atoms with E-state index in [1.54, 1.807) is 0 Å². The minimum atomic E-state index is -0.213. The van der Waals surface area contributed by atoms with Crippen molar-refractivity contribution < 1.29 is 10.2 Å². The van der Waals surface area contributed by atoms with Crippen LogP contribution < -0.4 is 0 Å². The number of benzene rings is 2. The van der Waals surface area contributed by atoms with Crippen molar-refractivity contribution in [2.24, 2.45) is 5.92 Å². The van der Waals surface area contributed by atoms with Gasteiger partial charge in [-0.15, -0.1) is 0 Å². The quantitative estimate of drug-likeness (QED) is 0.844. The van der Waals surface area contributed by atoms with Crippen molar-refractivity contribution in [2.45, 2.75) is 11.8 Å². The standard InChI is InChI=1S/C15H16O2/c16-9-12-8-15(12,10-17)14-7-3-5-11-4-1-2-6-13(11)14/h1-7,12,16-17H,8-10H2/t12-,15-/m1/s1. The molecule has 3 rings (SSSR count). The smallest absolute Gasteiger partial charge is 0.0531 e. The second-order valence-electron chi connectivity index (χ2n) is 4.92. The van der Waals surface area contributed by atoms with E-state index in [0.717, 1.165) is 6.42 Å². The van der Waals surface area contributed by atoms with Crippen LogP contribution in [0.5, 0.6) is 0 Å². The molecule has 2 atom stereocenters. The van der Waals surface area contributed by atoms with E-state index in [-0.39, 0.29) is 24.5 Å². The van der Waals surface area contributed by atoms with Crippen LogP contribution in [0.4, 0.5) is 0 Å². The van der Waals surface area contributed by atoms with Crippen LogP contribution in [0, 0.1) is 5.92 Å². The van der Waals surface area contributed by atoms with Gasteiger partial charge in [-0.1, -0.05) is 42.5 Å². The summed E-state index contributed by atoms with van der Waals surface area (Å²) in [6.07, 6.45) is 0.883. The van der Waals surface area contributed by atoms with Gasteiger partial charge in [0.25, 0.3) is 0 Å². The summed E-state index contributed by atoms with van der Waals surface area (Å²) in [6.45, 7) is 0.274. The molecular formula is C15H16O2. The Hall–Kier alpha value is -1.38. The molecule has 1 saturated carbocycles. The summed E-state index contributed by atoms with van der Waals surface area (Å²) in [7, 11) is 0. The molecule has 0 unspecified atom stereocenters. The number of aliphatic hydroxyl groups is 2. The van der Waals surface area contributed by atoms with Crippen molar-refractivity contribution >= 4 is 10.8 Å². The van der Waals surface area contributed by atoms with Crippen LogP contribution in [-0.4, -0.2) is 23.4 Å². The van der Waals surface area contributed by atoms with Crippen molar-refractivity contribution in [1.29, 1.82) is 0 Å². The van der Waals surface area contributed by atoms with Gasteiger partial charge in [-0.05, 0) is 28.7 Å². The molecule has 2 aromatic rings. The van der Waals surface area contributed by atoms with E-state index < -0.39 is 0 Å². The monoisotopic (exact) mass is 228 g/mol. The molecule has 0 bridgehead atoms. The van der Waals surface area contributed by atoms with Crippen LogP contribution in [0.2, 0.25) is 0 Å². The highest BCUT2D eigenvalue weighted by atomic mass is 16.3. The highest BCUT2D eigenvalue weighted by Crippen LogP contribution is 2.55. The zero-order valence-corrected chi connectivity index (χ0v) is 9.63. The molecule has 0 aliphatic heterocycles. The van der Waals surface area contributed by atoms with Gasteiger partial charge in [0.15, 0.2) is 0 Å². The second-order valence-corrected chi connectivity index (χ2v) is 4.92. The summed E-state index contributed by atoms with van der Waals surface area (Å²) in [5.74, 6) is 0.207. The van der Waals surface area contributed by atoms with Gasteiger partial charge in [0.1, 0.15) is 0 Å². The van der Waals surface area contributed by atoms with Gasteiger partial charge in [-0.2, -0.15) is 0 Å². The normalized spacial score (nSPS) is 27.3. The van der Waals surface area contributed by atoms with Crippen LogP contribution in [0.15, 0.2) is 42.5 Å². The number of fused-ring (bicyclic) bond motifs is 1. The highest BCUT2D eigenvalue weighted by molar-refractivity contribution is 5.87. The van der Waals surface area contributed by atoms with Crippen LogP contribution in [0.25, 0.3) is 10.8 Å². The average Bonchev–Trinajstić information content (AvgIpc) is 3.13. The van der Waals surface area contributed by atoms with E-state index in [2.05, 4.69) is 24.3 Å². The lowest BCUT2D eigenvalue weighted by Gasteiger charge is -2.17. The van der Waals surface area contributed by atoms with E-state index in [9.17, 15) is 10.2 Å². The zero-order chi connectivity index (χ0) is 11.9. The largest absolute Gasteiger partial charge is 0.396 e. The first kappa shape index (κ1) is 10.8. The maximum Gasteiger partial charge on any atom is 0.0531 e. The van der Waals surface area contributed by atoms with Crippen molar-refractivity contribution in [2.75, 3.05) is 13.2 Å². The van der Waals surface area contributed by atoms with Crippen molar-refractivity contribution in [3.05, 3.63) is 48.0 Å². The first-order valence-electron chi connectivity index (χ1n) is 6.02. The molecule has 2 aromatic carbocycles. The lowest BCUT2D eigenvalue weighted by Crippen LogP contribution is -2.17. The van der Waals surface area contributed by atoms with E-state index >= 15 is 0 Å². The van der Waals surface area contributed by atoms with Gasteiger partial charge >= 0.3 is 0 Å². The SMILES string of the molecule is OC[C@H]1C[C@]1(CO)c1cccc2ccccc12. The average molecular weight is 228 g/mol. The first-order valence-corrected chi connectivity index (χ1v) is 6.02. The van der Waals surface area contributed by atoms with Gasteiger partial charge in [-0.25, -0.2) is 0 Å². The van der Waals surface area contributed by atoms with Crippen molar-refractivity contribution in [1.82, 2.24) is 0 Å². The molecule has 2 heteroatoms. The Balaban J connectivity index is 2.18. The van der Waals surface area contributed by atoms with Gasteiger partial charge < -0.3 is 10.2 Å². The molecule has 17 heavy (non-hydrogen) atoms. The molecule has 88 valence electrons. The van der Waals surface area contributed by atoms with E-state index in [0.29, 0.717) is 0 Å². The van der Waals surface area contributed by atoms with E-state index in [1.807, 2.05) is 18.2 Å². The zero-order valence-electron chi connectivity index (χ0n) is 9.63. The minimum absolute atomic E-state index is 0.117. The second kappa shape index (κ2) is 3.83. The fraction of sp³-hybridized carbons (Fsp3) is 0.333. The van der Waals surface area contributed by atoms with Crippen molar-refractivity contribution in [3.8, 4) is 0 Å². The summed E-state index contributed by atoms with van der Waals surface area (Å²) in [5, 5.41) is 21.3. The molecule has 0 aromatic heterocycles. The molecular weight excluding hydrogens is 212 g/mol. The molecule has 0 amide bonds. The third kappa shape index (κ3) is 1.48. The third-order valence-electron chi connectivity index (χ3n) is 4.06. The molecule has 2 N–H and O–H groups in total. The fourth-order valence-electron chi connectivity index (χ4n) is 2.89. The van der Waals surface area contributed by atoms with Crippen LogP contribution in [-0.2, 0) is 5.41 Å². The van der Waals surface area contributed by atoms with Crippen molar-refractivity contribution in [3.63, 3.8) is 0 Å². The molecule has 1 aliphatic carbocycles. The molecule has 0 saturated heterocycles. The van der Waals surface area contributed by atoms with Crippen LogP contribution in [0.3, 0.4) is 0 Å². The molecule has 0 spiro atoms. The minimum Gasteiger partial charge on any atom is -0.396 e. The molecule has 1 aliphatic rings. The Bertz CT molecular complexity index is 544. The maximum atomic E-state index is 9.66. The predicted octanol–water partition coefficient (Wildman–Crippen LogP) is 2.08. The third-order valence-corrected chi connectivity index (χ3v) is 4.06. The highest BCUT2D eigenvalue weighted by Gasteiger charge is 2.54. The Kier molecular flexibility index (Phi) is 2.42. The Labute approximate surface area is 101 Å².